The minimum Gasteiger partial charge on any atom is -0.497 e. The minimum atomic E-state index is -0.919. The second kappa shape index (κ2) is 8.56. The fraction of sp³-hybridized carbons (Fsp3) is 0.286. The number of esters is 1. The highest BCUT2D eigenvalue weighted by Crippen LogP contribution is 2.34. The van der Waals surface area contributed by atoms with Crippen LogP contribution in [0.15, 0.2) is 54.6 Å². The van der Waals surface area contributed by atoms with Crippen LogP contribution in [0.4, 0.5) is 0 Å². The van der Waals surface area contributed by atoms with E-state index in [4.69, 9.17) is 9.47 Å². The maximum atomic E-state index is 12.6. The molecule has 3 rings (SSSR count). The smallest absolute Gasteiger partial charge is 0.331 e. The number of hydrogen-bond acceptors (Lipinski definition) is 5. The maximum Gasteiger partial charge on any atom is 0.331 e. The predicted octanol–water partition coefficient (Wildman–Crippen LogP) is 2.29. The SMILES string of the molecule is CCOC(=O)[C@@H]1[C@H](c2ccccc2)CC(=O)N1NC(=O)c1ccc(OC)cc1. The van der Waals surface area contributed by atoms with Crippen molar-refractivity contribution in [3.05, 3.63) is 65.7 Å². The van der Waals surface area contributed by atoms with Crippen molar-refractivity contribution in [3.8, 4) is 5.75 Å². The largest absolute Gasteiger partial charge is 0.497 e. The predicted molar refractivity (Wildman–Crippen MR) is 102 cm³/mol. The molecule has 2 aromatic rings. The quantitative estimate of drug-likeness (QED) is 0.775. The number of carbonyl (C=O) groups is 3. The Morgan fingerprint density at radius 3 is 2.39 bits per heavy atom. The highest BCUT2D eigenvalue weighted by atomic mass is 16.5. The lowest BCUT2D eigenvalue weighted by Crippen LogP contribution is -2.52. The van der Waals surface area contributed by atoms with Crippen molar-refractivity contribution in [2.24, 2.45) is 0 Å². The molecule has 1 heterocycles. The van der Waals surface area contributed by atoms with Crippen LogP contribution in [0.25, 0.3) is 0 Å². The first kappa shape index (κ1) is 19.4. The third kappa shape index (κ3) is 3.98. The van der Waals surface area contributed by atoms with Crippen LogP contribution in [-0.2, 0) is 14.3 Å². The lowest BCUT2D eigenvalue weighted by atomic mass is 9.92. The van der Waals surface area contributed by atoms with E-state index in [9.17, 15) is 14.4 Å². The summed E-state index contributed by atoms with van der Waals surface area (Å²) in [6, 6.07) is 14.8. The Hall–Kier alpha value is -3.35. The van der Waals surface area contributed by atoms with Crippen LogP contribution in [0.5, 0.6) is 5.75 Å². The van der Waals surface area contributed by atoms with Gasteiger partial charge in [-0.1, -0.05) is 30.3 Å². The zero-order valence-corrected chi connectivity index (χ0v) is 15.8. The van der Waals surface area contributed by atoms with Crippen molar-refractivity contribution in [2.45, 2.75) is 25.3 Å². The Morgan fingerprint density at radius 1 is 1.11 bits per heavy atom. The average molecular weight is 382 g/mol. The lowest BCUT2D eigenvalue weighted by molar-refractivity contribution is -0.153. The summed E-state index contributed by atoms with van der Waals surface area (Å²) in [4.78, 5) is 37.8. The molecule has 0 saturated carbocycles. The number of hydrogen-bond donors (Lipinski definition) is 1. The normalized spacial score (nSPS) is 18.6. The van der Waals surface area contributed by atoms with Crippen molar-refractivity contribution >= 4 is 17.8 Å². The topological polar surface area (TPSA) is 84.9 Å². The molecule has 146 valence electrons. The Labute approximate surface area is 163 Å². The third-order valence-corrected chi connectivity index (χ3v) is 4.65. The Bertz CT molecular complexity index is 851. The van der Waals surface area contributed by atoms with Gasteiger partial charge in [-0.25, -0.2) is 9.80 Å². The molecule has 7 heteroatoms. The Kier molecular flexibility index (Phi) is 5.93. The van der Waals surface area contributed by atoms with Crippen LogP contribution in [0.1, 0.15) is 35.2 Å². The van der Waals surface area contributed by atoms with E-state index in [2.05, 4.69) is 5.43 Å². The summed E-state index contributed by atoms with van der Waals surface area (Å²) in [6.45, 7) is 1.89. The van der Waals surface area contributed by atoms with E-state index in [0.29, 0.717) is 11.3 Å². The maximum absolute atomic E-state index is 12.6. The van der Waals surface area contributed by atoms with Crippen LogP contribution in [0.3, 0.4) is 0 Å². The molecule has 7 nitrogen and oxygen atoms in total. The average Bonchev–Trinajstić information content (AvgIpc) is 3.05. The number of carbonyl (C=O) groups excluding carboxylic acids is 3. The van der Waals surface area contributed by atoms with Gasteiger partial charge < -0.3 is 9.47 Å². The van der Waals surface area contributed by atoms with Gasteiger partial charge in [0.25, 0.3) is 5.91 Å². The molecule has 2 amide bonds. The van der Waals surface area contributed by atoms with E-state index in [1.165, 1.54) is 7.11 Å². The summed E-state index contributed by atoms with van der Waals surface area (Å²) in [5.74, 6) is -1.16. The van der Waals surface area contributed by atoms with Gasteiger partial charge in [0.2, 0.25) is 5.91 Å². The van der Waals surface area contributed by atoms with Crippen LogP contribution in [-0.4, -0.2) is 42.6 Å². The molecule has 28 heavy (non-hydrogen) atoms. The summed E-state index contributed by atoms with van der Waals surface area (Å²) in [5.41, 5.74) is 3.76. The van der Waals surface area contributed by atoms with Gasteiger partial charge >= 0.3 is 5.97 Å². The van der Waals surface area contributed by atoms with Crippen molar-refractivity contribution in [2.75, 3.05) is 13.7 Å². The number of nitrogens with zero attached hydrogens (tertiary/aromatic N) is 1. The zero-order chi connectivity index (χ0) is 20.1. The number of rotatable bonds is 6. The van der Waals surface area contributed by atoms with Crippen LogP contribution < -0.4 is 10.2 Å². The number of amides is 2. The summed E-state index contributed by atoms with van der Waals surface area (Å²) < 4.78 is 10.3. The lowest BCUT2D eigenvalue weighted by Gasteiger charge is -2.26. The van der Waals surface area contributed by atoms with Gasteiger partial charge in [0.1, 0.15) is 5.75 Å². The van der Waals surface area contributed by atoms with Crippen LogP contribution in [0.2, 0.25) is 0 Å². The summed E-state index contributed by atoms with van der Waals surface area (Å²) in [5, 5.41) is 1.10. The molecule has 1 N–H and O–H groups in total. The van der Waals surface area contributed by atoms with E-state index < -0.39 is 23.8 Å². The van der Waals surface area contributed by atoms with Gasteiger partial charge in [0.05, 0.1) is 13.7 Å². The van der Waals surface area contributed by atoms with E-state index in [0.717, 1.165) is 10.6 Å². The van der Waals surface area contributed by atoms with Gasteiger partial charge in [0, 0.05) is 17.9 Å². The highest BCUT2D eigenvalue weighted by molar-refractivity contribution is 5.97. The fourth-order valence-electron chi connectivity index (χ4n) is 3.28. The highest BCUT2D eigenvalue weighted by Gasteiger charge is 2.47. The molecule has 1 aliphatic rings. The molecule has 0 spiro atoms. The molecule has 2 aromatic carbocycles. The molecule has 0 radical (unpaired) electrons. The van der Waals surface area contributed by atoms with Gasteiger partial charge in [-0.2, -0.15) is 0 Å². The molecule has 1 aliphatic heterocycles. The van der Waals surface area contributed by atoms with E-state index >= 15 is 0 Å². The number of benzene rings is 2. The molecule has 0 aromatic heterocycles. The minimum absolute atomic E-state index is 0.108. The van der Waals surface area contributed by atoms with Crippen molar-refractivity contribution in [1.29, 1.82) is 0 Å². The number of hydrazine groups is 1. The molecule has 2 atom stereocenters. The fourth-order valence-corrected chi connectivity index (χ4v) is 3.28. The first-order valence-corrected chi connectivity index (χ1v) is 9.03. The number of methoxy groups -OCH3 is 1. The molecule has 0 unspecified atom stereocenters. The van der Waals surface area contributed by atoms with Gasteiger partial charge in [0.15, 0.2) is 6.04 Å². The summed E-state index contributed by atoms with van der Waals surface area (Å²) in [7, 11) is 1.53. The second-order valence-electron chi connectivity index (χ2n) is 6.35. The monoisotopic (exact) mass is 382 g/mol. The standard InChI is InChI=1S/C21H22N2O5/c1-3-28-21(26)19-17(14-7-5-4-6-8-14)13-18(24)23(19)22-20(25)15-9-11-16(27-2)12-10-15/h4-12,17,19H,3,13H2,1-2H3,(H,22,25)/t17-,19-/m0/s1. The number of ether oxygens (including phenoxy) is 2. The first-order chi connectivity index (χ1) is 13.5. The van der Waals surface area contributed by atoms with E-state index in [1.54, 1.807) is 31.2 Å². The van der Waals surface area contributed by atoms with Crippen LogP contribution >= 0.6 is 0 Å². The van der Waals surface area contributed by atoms with E-state index in [-0.39, 0.29) is 18.9 Å². The van der Waals surface area contributed by atoms with Gasteiger partial charge in [-0.05, 0) is 36.8 Å². The van der Waals surface area contributed by atoms with Crippen molar-refractivity contribution in [1.82, 2.24) is 10.4 Å². The molecule has 0 aliphatic carbocycles. The molecule has 1 fully saturated rings. The summed E-state index contributed by atoms with van der Waals surface area (Å²) >= 11 is 0. The Balaban J connectivity index is 1.85. The van der Waals surface area contributed by atoms with Crippen molar-refractivity contribution in [3.63, 3.8) is 0 Å². The number of nitrogens with one attached hydrogen (secondary N) is 1. The van der Waals surface area contributed by atoms with E-state index in [1.807, 2.05) is 30.3 Å². The molecular formula is C21H22N2O5. The summed E-state index contributed by atoms with van der Waals surface area (Å²) in [6.07, 6.45) is 0.108. The van der Waals surface area contributed by atoms with Crippen molar-refractivity contribution < 1.29 is 23.9 Å². The van der Waals surface area contributed by atoms with Crippen LogP contribution in [0, 0.1) is 0 Å². The second-order valence-corrected chi connectivity index (χ2v) is 6.35. The van der Waals surface area contributed by atoms with Gasteiger partial charge in [-0.15, -0.1) is 0 Å². The molecule has 0 bridgehead atoms. The Morgan fingerprint density at radius 2 is 1.79 bits per heavy atom. The molecule has 1 saturated heterocycles. The van der Waals surface area contributed by atoms with Gasteiger partial charge in [-0.3, -0.25) is 15.0 Å². The third-order valence-electron chi connectivity index (χ3n) is 4.65. The zero-order valence-electron chi connectivity index (χ0n) is 15.8. The first-order valence-electron chi connectivity index (χ1n) is 9.03. The molecular weight excluding hydrogens is 360 g/mol.